The molecule has 490 valence electrons. The van der Waals surface area contributed by atoms with Crippen LogP contribution in [0.5, 0.6) is 0 Å². The molecule has 8 rings (SSSR count). The quantitative estimate of drug-likeness (QED) is 0.0123. The Morgan fingerprint density at radius 1 is 0.348 bits per heavy atom. The van der Waals surface area contributed by atoms with Gasteiger partial charge in [0.25, 0.3) is 0 Å². The molecular formula is C76H94N4O10S2. The lowest BCUT2D eigenvalue weighted by molar-refractivity contribution is -0.148. The highest BCUT2D eigenvalue weighted by molar-refractivity contribution is 8.76. The standard InChI is InChI=1S/C76H94N4O10S2/c1-55(77-75(85)89-53-67-63-43-27-23-39-59(63)60-40-24-28-44-64(60)67)71(81)79-69(51-57-35-19-17-20-36-57)73(83)87-47-31-13-9-5-3-7-11-15-33-49-91-92-50-34-16-12-8-4-6-10-14-32-48-88-74(84)70(52-58-37-21-18-22-38-58)80-72(82)56(2)78-76(86)90-54-68-65-45-29-25-41-61(65)62-42-26-30-46-66(62)68/h17-30,35-46,55-56,67-70H,3-16,31-34,47-54H2,1-2H3,(H,77,85)(H,78,86)(H,79,81)(H,80,82)/t55-,56-,69-,70-/m0/s1. The van der Waals surface area contributed by atoms with E-state index in [9.17, 15) is 28.8 Å². The average molecular weight is 1290 g/mol. The molecule has 4 atom stereocenters. The fraction of sp³-hybridized carbons (Fsp3) is 0.447. The minimum atomic E-state index is -0.944. The molecule has 14 nitrogen and oxygen atoms in total. The number of nitrogens with one attached hydrogen (secondary N) is 4. The molecule has 0 radical (unpaired) electrons. The average Bonchev–Trinajstić information content (AvgIpc) is 1.64. The Labute approximate surface area is 553 Å². The second-order valence-electron chi connectivity index (χ2n) is 24.2. The summed E-state index contributed by atoms with van der Waals surface area (Å²) in [6, 6.07) is 47.8. The maximum absolute atomic E-state index is 13.4. The topological polar surface area (TPSA) is 187 Å². The molecule has 92 heavy (non-hydrogen) atoms. The van der Waals surface area contributed by atoms with Crippen LogP contribution in [-0.2, 0) is 51.0 Å². The first-order valence-electron chi connectivity index (χ1n) is 33.5. The molecule has 4 amide bonds. The Kier molecular flexibility index (Phi) is 29.9. The van der Waals surface area contributed by atoms with Crippen molar-refractivity contribution in [3.05, 3.63) is 191 Å². The minimum Gasteiger partial charge on any atom is -0.464 e. The van der Waals surface area contributed by atoms with Gasteiger partial charge in [0.2, 0.25) is 11.8 Å². The molecule has 0 fully saturated rings. The Hall–Kier alpha value is -7.56. The summed E-state index contributed by atoms with van der Waals surface area (Å²) in [5.41, 5.74) is 10.7. The summed E-state index contributed by atoms with van der Waals surface area (Å²) in [4.78, 5) is 79.4. The molecule has 0 unspecified atom stereocenters. The summed E-state index contributed by atoms with van der Waals surface area (Å²) >= 11 is 0. The van der Waals surface area contributed by atoms with Crippen LogP contribution in [-0.4, -0.2) is 98.0 Å². The van der Waals surface area contributed by atoms with E-state index in [1.807, 2.05) is 131 Å². The van der Waals surface area contributed by atoms with Crippen molar-refractivity contribution in [1.29, 1.82) is 0 Å². The summed E-state index contributed by atoms with van der Waals surface area (Å²) in [6.45, 7) is 3.99. The van der Waals surface area contributed by atoms with Gasteiger partial charge in [-0.1, -0.05) is 269 Å². The highest BCUT2D eigenvalue weighted by Gasteiger charge is 2.33. The van der Waals surface area contributed by atoms with Crippen LogP contribution in [0.1, 0.15) is 175 Å². The lowest BCUT2D eigenvalue weighted by atomic mass is 9.98. The smallest absolute Gasteiger partial charge is 0.407 e. The summed E-state index contributed by atoms with van der Waals surface area (Å²) in [5, 5.41) is 10.9. The SMILES string of the molecule is C[C@H](NC(=O)OCC1c2ccccc2-c2ccccc21)C(=O)N[C@@H](Cc1ccccc1)C(=O)OCCCCCCCCCCCSSCCCCCCCCCCCOC(=O)[C@H](Cc1ccccc1)NC(=O)[C@H](C)NC(=O)OCC1c2ccccc2-c2ccccc21. The zero-order valence-corrected chi connectivity index (χ0v) is 55.4. The van der Waals surface area contributed by atoms with E-state index in [1.165, 1.54) is 75.7 Å². The number of hydrogen-bond acceptors (Lipinski definition) is 12. The predicted molar refractivity (Wildman–Crippen MR) is 369 cm³/mol. The summed E-state index contributed by atoms with van der Waals surface area (Å²) in [6.07, 6.45) is 19.6. The maximum Gasteiger partial charge on any atom is 0.407 e. The van der Waals surface area contributed by atoms with Crippen molar-refractivity contribution in [2.45, 2.75) is 178 Å². The third-order valence-electron chi connectivity index (χ3n) is 17.2. The Balaban J connectivity index is 0.579. The van der Waals surface area contributed by atoms with E-state index in [-0.39, 0.29) is 51.1 Å². The molecule has 0 saturated carbocycles. The highest BCUT2D eigenvalue weighted by Crippen LogP contribution is 2.46. The van der Waals surface area contributed by atoms with Crippen molar-refractivity contribution < 1.29 is 47.7 Å². The summed E-state index contributed by atoms with van der Waals surface area (Å²) in [5.74, 6) is 0.215. The van der Waals surface area contributed by atoms with Crippen molar-refractivity contribution >= 4 is 57.5 Å². The number of benzene rings is 6. The highest BCUT2D eigenvalue weighted by atomic mass is 33.1. The van der Waals surface area contributed by atoms with Gasteiger partial charge in [0.1, 0.15) is 37.4 Å². The molecule has 0 heterocycles. The lowest BCUT2D eigenvalue weighted by Crippen LogP contribution is -2.51. The van der Waals surface area contributed by atoms with Gasteiger partial charge in [-0.05, 0) is 95.2 Å². The molecule has 2 aliphatic carbocycles. The van der Waals surface area contributed by atoms with Gasteiger partial charge >= 0.3 is 24.1 Å². The number of amides is 4. The van der Waals surface area contributed by atoms with E-state index in [0.717, 1.165) is 107 Å². The van der Waals surface area contributed by atoms with Gasteiger partial charge in [-0.3, -0.25) is 9.59 Å². The van der Waals surface area contributed by atoms with E-state index in [0.29, 0.717) is 0 Å². The number of unbranched alkanes of at least 4 members (excludes halogenated alkanes) is 16. The molecular weight excluding hydrogens is 1190 g/mol. The second-order valence-corrected chi connectivity index (χ2v) is 26.9. The first kappa shape index (κ1) is 70.3. The lowest BCUT2D eigenvalue weighted by Gasteiger charge is -2.21. The predicted octanol–water partition coefficient (Wildman–Crippen LogP) is 15.8. The first-order valence-corrected chi connectivity index (χ1v) is 36.0. The monoisotopic (exact) mass is 1290 g/mol. The van der Waals surface area contributed by atoms with E-state index >= 15 is 0 Å². The largest absolute Gasteiger partial charge is 0.464 e. The number of hydrogen-bond donors (Lipinski definition) is 4. The molecule has 16 heteroatoms. The molecule has 0 saturated heterocycles. The second kappa shape index (κ2) is 39.1. The third-order valence-corrected chi connectivity index (χ3v) is 19.8. The van der Waals surface area contributed by atoms with Crippen LogP contribution in [0.3, 0.4) is 0 Å². The van der Waals surface area contributed by atoms with Gasteiger partial charge < -0.3 is 40.2 Å². The Morgan fingerprint density at radius 3 is 0.957 bits per heavy atom. The van der Waals surface area contributed by atoms with Crippen LogP contribution in [0.15, 0.2) is 158 Å². The number of ether oxygens (including phenoxy) is 4. The van der Waals surface area contributed by atoms with Crippen molar-refractivity contribution in [2.75, 3.05) is 37.9 Å². The molecule has 0 spiro atoms. The molecule has 4 N–H and O–H groups in total. The van der Waals surface area contributed by atoms with Crippen LogP contribution < -0.4 is 21.3 Å². The molecule has 0 bridgehead atoms. The normalized spacial score (nSPS) is 13.5. The first-order chi connectivity index (χ1) is 45.0. The van der Waals surface area contributed by atoms with Crippen LogP contribution in [0.2, 0.25) is 0 Å². The molecule has 0 aliphatic heterocycles. The molecule has 2 aliphatic rings. The van der Waals surface area contributed by atoms with Gasteiger partial charge in [0.15, 0.2) is 0 Å². The fourth-order valence-corrected chi connectivity index (χ4v) is 14.4. The Morgan fingerprint density at radius 2 is 0.630 bits per heavy atom. The fourth-order valence-electron chi connectivity index (χ4n) is 12.1. The zero-order valence-electron chi connectivity index (χ0n) is 53.8. The van der Waals surface area contributed by atoms with Crippen LogP contribution in [0.4, 0.5) is 9.59 Å². The van der Waals surface area contributed by atoms with E-state index in [4.69, 9.17) is 18.9 Å². The van der Waals surface area contributed by atoms with Gasteiger partial charge in [-0.2, -0.15) is 0 Å². The molecule has 6 aromatic rings. The summed E-state index contributed by atoms with van der Waals surface area (Å²) < 4.78 is 22.7. The third kappa shape index (κ3) is 22.6. The molecule has 0 aromatic heterocycles. The number of rotatable bonds is 41. The minimum absolute atomic E-state index is 0.104. The number of esters is 2. The number of alkyl carbamates (subject to hydrolysis) is 2. The van der Waals surface area contributed by atoms with Crippen LogP contribution in [0, 0.1) is 0 Å². The van der Waals surface area contributed by atoms with Gasteiger partial charge in [-0.25, -0.2) is 19.2 Å². The van der Waals surface area contributed by atoms with Crippen molar-refractivity contribution in [3.63, 3.8) is 0 Å². The van der Waals surface area contributed by atoms with Crippen molar-refractivity contribution in [1.82, 2.24) is 21.3 Å². The van der Waals surface area contributed by atoms with Crippen LogP contribution >= 0.6 is 21.6 Å². The summed E-state index contributed by atoms with van der Waals surface area (Å²) in [7, 11) is 4.02. The van der Waals surface area contributed by atoms with E-state index in [1.54, 1.807) is 13.8 Å². The maximum atomic E-state index is 13.4. The Bertz CT molecular complexity index is 2950. The van der Waals surface area contributed by atoms with Gasteiger partial charge in [-0.15, -0.1) is 0 Å². The van der Waals surface area contributed by atoms with Crippen LogP contribution in [0.25, 0.3) is 22.3 Å². The number of fused-ring (bicyclic) bond motifs is 6. The van der Waals surface area contributed by atoms with Gasteiger partial charge in [0.05, 0.1) is 13.2 Å². The van der Waals surface area contributed by atoms with E-state index in [2.05, 4.69) is 69.8 Å². The number of carbonyl (C=O) groups excluding carboxylic acids is 6. The molecule has 6 aromatic carbocycles. The van der Waals surface area contributed by atoms with Gasteiger partial charge in [0, 0.05) is 36.2 Å². The number of carbonyl (C=O) groups is 6. The zero-order chi connectivity index (χ0) is 64.5. The van der Waals surface area contributed by atoms with E-state index < -0.39 is 60.1 Å². The van der Waals surface area contributed by atoms with Crippen molar-refractivity contribution in [3.8, 4) is 22.3 Å². The van der Waals surface area contributed by atoms with Crippen molar-refractivity contribution in [2.24, 2.45) is 0 Å².